The fourth-order valence-electron chi connectivity index (χ4n) is 4.47. The van der Waals surface area contributed by atoms with Crippen molar-refractivity contribution in [2.45, 2.75) is 16.7 Å². The number of phenolic OH excluding ortho intramolecular Hbond substituents is 1. The van der Waals surface area contributed by atoms with Crippen molar-refractivity contribution in [1.82, 2.24) is 15.0 Å². The Kier molecular flexibility index (Phi) is 8.84. The SMILES string of the molecule is Cc1cccc(N=Nc2c(S(=O)(=O)O)cc3cc(S(=O)(=O)O)cc(Nc4nc(O)nc(Nc5cc(C(=O)O)cc(C(=O)O)c5)n4)c3c2O)c1. The molecule has 1 heterocycles. The molecule has 1 aromatic heterocycles. The van der Waals surface area contributed by atoms with Crippen molar-refractivity contribution >= 4 is 77.6 Å². The van der Waals surface area contributed by atoms with Crippen molar-refractivity contribution in [3.63, 3.8) is 0 Å². The lowest BCUT2D eigenvalue weighted by atomic mass is 10.1. The van der Waals surface area contributed by atoms with Crippen LogP contribution in [0.4, 0.5) is 34.6 Å². The monoisotopic (exact) mass is 711 g/mol. The highest BCUT2D eigenvalue weighted by molar-refractivity contribution is 7.86. The molecule has 0 fully saturated rings. The van der Waals surface area contributed by atoms with Crippen molar-refractivity contribution in [2.24, 2.45) is 10.2 Å². The number of aromatic hydroxyl groups is 2. The van der Waals surface area contributed by atoms with Crippen LogP contribution in [-0.4, -0.2) is 73.3 Å². The van der Waals surface area contributed by atoms with E-state index in [-0.39, 0.29) is 22.1 Å². The van der Waals surface area contributed by atoms with Gasteiger partial charge in [-0.05, 0) is 66.4 Å². The Bertz CT molecular complexity index is 2420. The quantitative estimate of drug-likeness (QED) is 0.0728. The predicted molar refractivity (Wildman–Crippen MR) is 169 cm³/mol. The maximum atomic E-state index is 12.3. The van der Waals surface area contributed by atoms with Gasteiger partial charge in [0.25, 0.3) is 20.2 Å². The van der Waals surface area contributed by atoms with E-state index in [2.05, 4.69) is 35.8 Å². The van der Waals surface area contributed by atoms with Crippen LogP contribution in [0.3, 0.4) is 0 Å². The van der Waals surface area contributed by atoms with E-state index in [1.165, 1.54) is 6.07 Å². The van der Waals surface area contributed by atoms with Gasteiger partial charge in [0.2, 0.25) is 11.9 Å². The van der Waals surface area contributed by atoms with Gasteiger partial charge in [-0.15, -0.1) is 5.11 Å². The normalized spacial score (nSPS) is 11.9. The molecule has 0 unspecified atom stereocenters. The van der Waals surface area contributed by atoms with E-state index in [0.717, 1.165) is 42.0 Å². The second-order valence-corrected chi connectivity index (χ2v) is 12.9. The van der Waals surface area contributed by atoms with Crippen LogP contribution in [-0.2, 0) is 20.2 Å². The van der Waals surface area contributed by atoms with Crippen LogP contribution in [0.25, 0.3) is 10.8 Å². The summed E-state index contributed by atoms with van der Waals surface area (Å²) in [6, 6.07) is 10.9. The van der Waals surface area contributed by atoms with Crippen LogP contribution < -0.4 is 10.6 Å². The highest BCUT2D eigenvalue weighted by Gasteiger charge is 2.26. The number of hydrogen-bond donors (Lipinski definition) is 8. The minimum absolute atomic E-state index is 0.133. The number of aryl methyl sites for hydroxylation is 1. The summed E-state index contributed by atoms with van der Waals surface area (Å²) in [5, 5.41) is 52.4. The summed E-state index contributed by atoms with van der Waals surface area (Å²) in [5.74, 6) is -4.87. The lowest BCUT2D eigenvalue weighted by molar-refractivity contribution is 0.0696. The number of hydrogen-bond acceptors (Lipinski definition) is 15. The molecule has 0 aliphatic rings. The molecule has 21 heteroatoms. The molecule has 252 valence electrons. The molecule has 49 heavy (non-hydrogen) atoms. The maximum absolute atomic E-state index is 12.3. The molecule has 0 radical (unpaired) electrons. The Hall–Kier alpha value is -6.29. The van der Waals surface area contributed by atoms with Gasteiger partial charge in [-0.2, -0.15) is 36.9 Å². The van der Waals surface area contributed by atoms with Gasteiger partial charge in [-0.3, -0.25) is 9.11 Å². The number of nitrogens with one attached hydrogen (secondary N) is 2. The van der Waals surface area contributed by atoms with Crippen LogP contribution in [0, 0.1) is 6.92 Å². The molecule has 5 rings (SSSR count). The Balaban J connectivity index is 1.68. The molecule has 0 aliphatic heterocycles. The molecule has 0 aliphatic carbocycles. The van der Waals surface area contributed by atoms with Crippen LogP contribution in [0.2, 0.25) is 0 Å². The zero-order chi connectivity index (χ0) is 35.8. The predicted octanol–water partition coefficient (Wildman–Crippen LogP) is 4.54. The number of aromatic nitrogens is 3. The van der Waals surface area contributed by atoms with Crippen molar-refractivity contribution in [2.75, 3.05) is 10.6 Å². The number of anilines is 4. The first-order chi connectivity index (χ1) is 22.9. The number of phenols is 1. The van der Waals surface area contributed by atoms with E-state index in [0.29, 0.717) is 0 Å². The lowest BCUT2D eigenvalue weighted by Crippen LogP contribution is -2.07. The van der Waals surface area contributed by atoms with Crippen molar-refractivity contribution < 1.29 is 56.0 Å². The van der Waals surface area contributed by atoms with Crippen molar-refractivity contribution in [3.8, 4) is 11.8 Å². The van der Waals surface area contributed by atoms with Crippen molar-refractivity contribution in [1.29, 1.82) is 0 Å². The van der Waals surface area contributed by atoms with E-state index in [1.54, 1.807) is 25.1 Å². The fraction of sp³-hybridized carbons (Fsp3) is 0.0357. The number of carbonyl (C=O) groups is 2. The highest BCUT2D eigenvalue weighted by atomic mass is 32.2. The Labute approximate surface area is 274 Å². The summed E-state index contributed by atoms with van der Waals surface area (Å²) in [5.41, 5.74) is -1.12. The average molecular weight is 712 g/mol. The third-order valence-corrected chi connectivity index (χ3v) is 8.22. The second kappa shape index (κ2) is 12.7. The van der Waals surface area contributed by atoms with Crippen LogP contribution in [0.1, 0.15) is 26.3 Å². The Morgan fingerprint density at radius 1 is 0.755 bits per heavy atom. The summed E-state index contributed by atoms with van der Waals surface area (Å²) in [6.45, 7) is 1.75. The number of aromatic carboxylic acids is 2. The lowest BCUT2D eigenvalue weighted by Gasteiger charge is -2.15. The molecular formula is C28H21N7O12S2. The molecule has 0 bridgehead atoms. The highest BCUT2D eigenvalue weighted by Crippen LogP contribution is 2.45. The molecule has 0 atom stereocenters. The third-order valence-electron chi connectivity index (χ3n) is 6.52. The molecule has 0 spiro atoms. The van der Waals surface area contributed by atoms with E-state index in [9.17, 15) is 56.0 Å². The molecular weight excluding hydrogens is 690 g/mol. The maximum Gasteiger partial charge on any atom is 0.335 e. The van der Waals surface area contributed by atoms with E-state index >= 15 is 0 Å². The van der Waals surface area contributed by atoms with Gasteiger partial charge in [0.1, 0.15) is 10.6 Å². The summed E-state index contributed by atoms with van der Waals surface area (Å²) < 4.78 is 68.8. The van der Waals surface area contributed by atoms with Gasteiger partial charge in [-0.1, -0.05) is 12.1 Å². The molecule has 19 nitrogen and oxygen atoms in total. The fourth-order valence-corrected chi connectivity index (χ4v) is 5.67. The molecule has 0 saturated heterocycles. The molecule has 4 aromatic carbocycles. The zero-order valence-corrected chi connectivity index (χ0v) is 26.1. The van der Waals surface area contributed by atoms with Crippen LogP contribution in [0.5, 0.6) is 11.8 Å². The first-order valence-electron chi connectivity index (χ1n) is 13.3. The molecule has 8 N–H and O–H groups in total. The Morgan fingerprint density at radius 2 is 1.39 bits per heavy atom. The largest absolute Gasteiger partial charge is 0.505 e. The van der Waals surface area contributed by atoms with Crippen LogP contribution in [0.15, 0.2) is 80.7 Å². The Morgan fingerprint density at radius 3 is 1.96 bits per heavy atom. The number of carboxylic acid groups (broad SMARTS) is 2. The average Bonchev–Trinajstić information content (AvgIpc) is 2.98. The third kappa shape index (κ3) is 7.65. The first-order valence-corrected chi connectivity index (χ1v) is 16.1. The summed E-state index contributed by atoms with van der Waals surface area (Å²) in [7, 11) is -10.1. The van der Waals surface area contributed by atoms with Gasteiger partial charge < -0.3 is 31.1 Å². The topological polar surface area (TPSA) is 311 Å². The number of carboxylic acids is 2. The second-order valence-electron chi connectivity index (χ2n) is 10.1. The van der Waals surface area contributed by atoms with Crippen LogP contribution >= 0.6 is 0 Å². The minimum atomic E-state index is -5.13. The number of rotatable bonds is 10. The molecule has 0 amide bonds. The van der Waals surface area contributed by atoms with Gasteiger partial charge in [0.05, 0.1) is 27.4 Å². The van der Waals surface area contributed by atoms with E-state index in [1.807, 2.05) is 0 Å². The number of azo groups is 1. The summed E-state index contributed by atoms with van der Waals surface area (Å²) in [4.78, 5) is 32.5. The van der Waals surface area contributed by atoms with E-state index < -0.39 is 88.1 Å². The van der Waals surface area contributed by atoms with Crippen molar-refractivity contribution in [3.05, 3.63) is 77.4 Å². The molecule has 0 saturated carbocycles. The number of benzene rings is 4. The zero-order valence-electron chi connectivity index (χ0n) is 24.5. The first kappa shape index (κ1) is 34.1. The number of nitrogens with zero attached hydrogens (tertiary/aromatic N) is 5. The minimum Gasteiger partial charge on any atom is -0.505 e. The summed E-state index contributed by atoms with van der Waals surface area (Å²) >= 11 is 0. The van der Waals surface area contributed by atoms with Gasteiger partial charge in [0, 0.05) is 11.1 Å². The smallest absolute Gasteiger partial charge is 0.335 e. The van der Waals surface area contributed by atoms with Gasteiger partial charge >= 0.3 is 17.9 Å². The van der Waals surface area contributed by atoms with Gasteiger partial charge in [-0.25, -0.2) is 9.59 Å². The standard InChI is InChI=1S/C28H21N7O12S2/c1-12-3-2-4-16(5-12)34-35-22-20(49(45,46)47)10-13-9-18(48(42,43)44)11-19(21(13)23(22)36)30-27-31-26(32-28(41)33-27)29-17-7-14(24(37)38)6-15(8-17)25(39)40/h2-11,36H,1H3,(H,37,38)(H,39,40)(H,42,43,44)(H,45,46,47)(H3,29,30,31,32,33,41). The molecule has 5 aromatic rings. The van der Waals surface area contributed by atoms with Gasteiger partial charge in [0.15, 0.2) is 5.75 Å². The summed E-state index contributed by atoms with van der Waals surface area (Å²) in [6.07, 6.45) is 0. The van der Waals surface area contributed by atoms with E-state index in [4.69, 9.17) is 0 Å². The number of fused-ring (bicyclic) bond motifs is 1.